The number of aromatic nitrogens is 5. The number of piperidine rings is 1. The Balaban J connectivity index is 0.994. The average Bonchev–Trinajstić information content (AvgIpc) is 3.74. The monoisotopic (exact) mass is 616 g/mol. The number of aryl methyl sites for hydroxylation is 1. The van der Waals surface area contributed by atoms with Crippen molar-refractivity contribution in [3.05, 3.63) is 42.1 Å². The minimum Gasteiger partial charge on any atom is -0.352 e. The van der Waals surface area contributed by atoms with Crippen LogP contribution in [-0.4, -0.2) is 128 Å². The summed E-state index contributed by atoms with van der Waals surface area (Å²) in [5, 5.41) is 5.56. The van der Waals surface area contributed by atoms with Gasteiger partial charge in [0.25, 0.3) is 0 Å². The highest BCUT2D eigenvalue weighted by Gasteiger charge is 2.30. The summed E-state index contributed by atoms with van der Waals surface area (Å²) in [6.07, 6.45) is 9.91. The van der Waals surface area contributed by atoms with Gasteiger partial charge in [0.15, 0.2) is 5.65 Å². The molecule has 3 aliphatic rings. The Labute approximate surface area is 266 Å². The molecule has 0 aromatic carbocycles. The molecule has 45 heavy (non-hydrogen) atoms. The van der Waals surface area contributed by atoms with Crippen molar-refractivity contribution in [2.45, 2.75) is 58.9 Å². The van der Waals surface area contributed by atoms with Gasteiger partial charge in [0.2, 0.25) is 5.91 Å². The van der Waals surface area contributed by atoms with E-state index in [1.165, 1.54) is 12.8 Å². The van der Waals surface area contributed by atoms with Crippen molar-refractivity contribution in [1.29, 1.82) is 0 Å². The largest absolute Gasteiger partial charge is 0.352 e. The van der Waals surface area contributed by atoms with Crippen LogP contribution >= 0.6 is 0 Å². The standard InChI is InChI=1S/C33H48N10O2/c1-3-7-28-8-6-9-29(37-28)24-43-32-30(22-36-43)31(34-25-35-32)39-18-20-41(21-19-39)33(45)40-14-10-27(11-15-40)23-42(26(2)44)17-16-38-12-4-5-13-38/h6,8-9,22,25,27H,3-5,7,10-21,23-24H2,1-2H3. The van der Waals surface area contributed by atoms with Crippen molar-refractivity contribution < 1.29 is 9.59 Å². The number of carbonyl (C=O) groups is 2. The first-order valence-corrected chi connectivity index (χ1v) is 16.9. The Morgan fingerprint density at radius 3 is 2.40 bits per heavy atom. The normalized spacial score (nSPS) is 18.2. The smallest absolute Gasteiger partial charge is 0.320 e. The van der Waals surface area contributed by atoms with E-state index in [2.05, 4.69) is 43.9 Å². The number of rotatable bonds is 10. The van der Waals surface area contributed by atoms with Crippen LogP contribution in [0.25, 0.3) is 11.0 Å². The molecule has 12 nitrogen and oxygen atoms in total. The fourth-order valence-corrected chi connectivity index (χ4v) is 6.99. The van der Waals surface area contributed by atoms with Crippen molar-refractivity contribution in [3.63, 3.8) is 0 Å². The molecule has 0 unspecified atom stereocenters. The van der Waals surface area contributed by atoms with Crippen LogP contribution in [-0.2, 0) is 17.8 Å². The van der Waals surface area contributed by atoms with E-state index in [9.17, 15) is 9.59 Å². The fourth-order valence-electron chi connectivity index (χ4n) is 6.99. The number of hydrogen-bond acceptors (Lipinski definition) is 8. The van der Waals surface area contributed by atoms with Crippen LogP contribution in [0.4, 0.5) is 10.6 Å². The third-order valence-corrected chi connectivity index (χ3v) is 9.64. The topological polar surface area (TPSA) is 107 Å². The number of anilines is 1. The summed E-state index contributed by atoms with van der Waals surface area (Å²) in [6.45, 7) is 13.5. The lowest BCUT2D eigenvalue weighted by Crippen LogP contribution is -2.54. The van der Waals surface area contributed by atoms with E-state index in [1.54, 1.807) is 13.3 Å². The summed E-state index contributed by atoms with van der Waals surface area (Å²) in [6, 6.07) is 6.29. The van der Waals surface area contributed by atoms with Gasteiger partial charge < -0.3 is 24.5 Å². The maximum Gasteiger partial charge on any atom is 0.320 e. The van der Waals surface area contributed by atoms with Crippen LogP contribution in [0.3, 0.4) is 0 Å². The molecule has 0 saturated carbocycles. The minimum absolute atomic E-state index is 0.129. The zero-order chi connectivity index (χ0) is 31.2. The Bertz CT molecular complexity index is 1440. The zero-order valence-corrected chi connectivity index (χ0v) is 27.0. The highest BCUT2D eigenvalue weighted by Crippen LogP contribution is 2.25. The van der Waals surface area contributed by atoms with Gasteiger partial charge in [0.05, 0.1) is 23.8 Å². The molecule has 3 fully saturated rings. The Morgan fingerprint density at radius 1 is 0.933 bits per heavy atom. The molecule has 3 aromatic rings. The van der Waals surface area contributed by atoms with Gasteiger partial charge >= 0.3 is 6.03 Å². The zero-order valence-electron chi connectivity index (χ0n) is 27.0. The lowest BCUT2D eigenvalue weighted by molar-refractivity contribution is -0.129. The molecule has 0 bridgehead atoms. The van der Waals surface area contributed by atoms with Gasteiger partial charge in [-0.15, -0.1) is 0 Å². The van der Waals surface area contributed by atoms with Crippen molar-refractivity contribution in [1.82, 2.24) is 44.3 Å². The quantitative estimate of drug-likeness (QED) is 0.342. The van der Waals surface area contributed by atoms with Crippen LogP contribution < -0.4 is 4.90 Å². The number of likely N-dealkylation sites (tertiary alicyclic amines) is 2. The predicted octanol–water partition coefficient (Wildman–Crippen LogP) is 3.12. The lowest BCUT2D eigenvalue weighted by atomic mass is 9.96. The van der Waals surface area contributed by atoms with Crippen molar-refractivity contribution in [2.75, 3.05) is 76.9 Å². The van der Waals surface area contributed by atoms with E-state index in [1.807, 2.05) is 31.6 Å². The predicted molar refractivity (Wildman–Crippen MR) is 174 cm³/mol. The second-order valence-corrected chi connectivity index (χ2v) is 12.8. The van der Waals surface area contributed by atoms with Gasteiger partial charge in [0, 0.05) is 71.5 Å². The van der Waals surface area contributed by atoms with E-state index in [0.29, 0.717) is 38.6 Å². The third kappa shape index (κ3) is 7.54. The molecule has 3 aliphatic heterocycles. The maximum absolute atomic E-state index is 13.5. The maximum atomic E-state index is 13.5. The van der Waals surface area contributed by atoms with E-state index >= 15 is 0 Å². The summed E-state index contributed by atoms with van der Waals surface area (Å²) >= 11 is 0. The molecule has 242 valence electrons. The fraction of sp³-hybridized carbons (Fsp3) is 0.636. The molecule has 0 spiro atoms. The number of pyridine rings is 1. The number of nitrogens with zero attached hydrogens (tertiary/aromatic N) is 10. The number of amides is 3. The Hall–Kier alpha value is -3.80. The number of carbonyl (C=O) groups excluding carboxylic acids is 2. The number of piperazine rings is 1. The molecule has 6 heterocycles. The summed E-state index contributed by atoms with van der Waals surface area (Å²) in [7, 11) is 0. The van der Waals surface area contributed by atoms with Crippen molar-refractivity contribution in [2.24, 2.45) is 5.92 Å². The molecule has 0 aliphatic carbocycles. The molecule has 3 saturated heterocycles. The number of urea groups is 1. The molecule has 0 atom stereocenters. The number of hydrogen-bond donors (Lipinski definition) is 0. The Kier molecular flexibility index (Phi) is 10.1. The van der Waals surface area contributed by atoms with Gasteiger partial charge in [-0.3, -0.25) is 9.78 Å². The summed E-state index contributed by atoms with van der Waals surface area (Å²) in [5.74, 6) is 1.48. The van der Waals surface area contributed by atoms with Gasteiger partial charge in [-0.05, 0) is 63.2 Å². The van der Waals surface area contributed by atoms with Gasteiger partial charge in [-0.2, -0.15) is 5.10 Å². The summed E-state index contributed by atoms with van der Waals surface area (Å²) in [5.41, 5.74) is 2.86. The van der Waals surface area contributed by atoms with Crippen LogP contribution in [0, 0.1) is 5.92 Å². The second kappa shape index (κ2) is 14.5. The van der Waals surface area contributed by atoms with Crippen LogP contribution in [0.15, 0.2) is 30.7 Å². The minimum atomic E-state index is 0.129. The molecular formula is C33H48N10O2. The van der Waals surface area contributed by atoms with E-state index < -0.39 is 0 Å². The van der Waals surface area contributed by atoms with Crippen molar-refractivity contribution >= 4 is 28.8 Å². The van der Waals surface area contributed by atoms with Crippen molar-refractivity contribution in [3.8, 4) is 0 Å². The lowest BCUT2D eigenvalue weighted by Gasteiger charge is -2.40. The van der Waals surface area contributed by atoms with Crippen LogP contribution in [0.2, 0.25) is 0 Å². The summed E-state index contributed by atoms with van der Waals surface area (Å²) in [4.78, 5) is 50.5. The molecule has 3 amide bonds. The molecule has 0 radical (unpaired) electrons. The average molecular weight is 617 g/mol. The van der Waals surface area contributed by atoms with E-state index in [0.717, 1.165) is 99.7 Å². The van der Waals surface area contributed by atoms with Crippen LogP contribution in [0.5, 0.6) is 0 Å². The summed E-state index contributed by atoms with van der Waals surface area (Å²) < 4.78 is 1.89. The highest BCUT2D eigenvalue weighted by molar-refractivity contribution is 5.87. The third-order valence-electron chi connectivity index (χ3n) is 9.64. The first kappa shape index (κ1) is 31.2. The number of fused-ring (bicyclic) bond motifs is 1. The van der Waals surface area contributed by atoms with E-state index in [-0.39, 0.29) is 11.9 Å². The molecule has 0 N–H and O–H groups in total. The molecular weight excluding hydrogens is 568 g/mol. The van der Waals surface area contributed by atoms with Crippen LogP contribution in [0.1, 0.15) is 57.3 Å². The van der Waals surface area contributed by atoms with Gasteiger partial charge in [0.1, 0.15) is 12.1 Å². The molecule has 3 aromatic heterocycles. The highest BCUT2D eigenvalue weighted by atomic mass is 16.2. The SMILES string of the molecule is CCCc1cccc(Cn2ncc3c(N4CCN(C(=O)N5CCC(CN(CCN6CCCC6)C(C)=O)CC5)CC4)ncnc32)n1. The molecule has 6 rings (SSSR count). The van der Waals surface area contributed by atoms with Gasteiger partial charge in [-0.1, -0.05) is 19.4 Å². The second-order valence-electron chi connectivity index (χ2n) is 12.8. The molecule has 12 heteroatoms. The first-order chi connectivity index (χ1) is 22.0. The first-order valence-electron chi connectivity index (χ1n) is 16.9. The Morgan fingerprint density at radius 2 is 1.67 bits per heavy atom. The van der Waals surface area contributed by atoms with E-state index in [4.69, 9.17) is 4.98 Å². The van der Waals surface area contributed by atoms with Gasteiger partial charge in [-0.25, -0.2) is 19.4 Å².